The number of rotatable bonds is 0. The molecule has 0 radical (unpaired) electrons. The number of fused-ring (bicyclic) bond motifs is 1. The van der Waals surface area contributed by atoms with E-state index in [1.54, 1.807) is 0 Å². The van der Waals surface area contributed by atoms with Crippen molar-refractivity contribution in [1.29, 1.82) is 0 Å². The topological polar surface area (TPSA) is 20.2 Å². The van der Waals surface area contributed by atoms with Gasteiger partial charge in [0.2, 0.25) is 0 Å². The second-order valence-electron chi connectivity index (χ2n) is 3.50. The molecule has 0 saturated heterocycles. The van der Waals surface area contributed by atoms with Crippen LogP contribution in [-0.2, 0) is 0 Å². The van der Waals surface area contributed by atoms with E-state index in [0.29, 0.717) is 11.7 Å². The number of hydrogen-bond donors (Lipinski definition) is 1. The largest absolute Gasteiger partial charge is 0.512 e. The van der Waals surface area contributed by atoms with Crippen LogP contribution in [0.2, 0.25) is 0 Å². The second kappa shape index (κ2) is 2.30. The molecule has 2 aliphatic carbocycles. The molecule has 0 bridgehead atoms. The third-order valence-electron chi connectivity index (χ3n) is 2.93. The summed E-state index contributed by atoms with van der Waals surface area (Å²) in [7, 11) is 0. The quantitative estimate of drug-likeness (QED) is 0.545. The predicted octanol–water partition coefficient (Wildman–Crippen LogP) is 2.64. The van der Waals surface area contributed by atoms with Crippen molar-refractivity contribution in [2.75, 3.05) is 0 Å². The molecule has 0 amide bonds. The molecule has 2 unspecified atom stereocenters. The van der Waals surface area contributed by atoms with Crippen LogP contribution in [0.5, 0.6) is 0 Å². The third kappa shape index (κ3) is 0.845. The molecule has 1 nitrogen and oxygen atoms in total. The van der Waals surface area contributed by atoms with E-state index in [9.17, 15) is 5.11 Å². The van der Waals surface area contributed by atoms with Gasteiger partial charge in [-0.1, -0.05) is 6.42 Å². The second-order valence-corrected chi connectivity index (χ2v) is 3.50. The van der Waals surface area contributed by atoms with Crippen LogP contribution in [-0.4, -0.2) is 5.11 Å². The zero-order chi connectivity index (χ0) is 6.97. The third-order valence-corrected chi connectivity index (χ3v) is 2.93. The summed E-state index contributed by atoms with van der Waals surface area (Å²) in [5.41, 5.74) is 0. The minimum absolute atomic E-state index is 0.550. The highest BCUT2D eigenvalue weighted by Gasteiger charge is 2.31. The Bertz CT molecular complexity index is 160. The van der Waals surface area contributed by atoms with Crippen LogP contribution < -0.4 is 0 Å². The molecule has 1 N–H and O–H groups in total. The molecule has 1 fully saturated rings. The van der Waals surface area contributed by atoms with Gasteiger partial charge < -0.3 is 5.11 Å². The average molecular weight is 138 g/mol. The molecule has 10 heavy (non-hydrogen) atoms. The normalized spacial score (nSPS) is 39.0. The highest BCUT2D eigenvalue weighted by Crippen LogP contribution is 2.41. The summed E-state index contributed by atoms with van der Waals surface area (Å²) in [6.07, 6.45) is 8.33. The van der Waals surface area contributed by atoms with Crippen molar-refractivity contribution in [3.05, 3.63) is 11.8 Å². The Morgan fingerprint density at radius 3 is 3.00 bits per heavy atom. The maximum absolute atomic E-state index is 9.44. The molecule has 2 atom stereocenters. The zero-order valence-corrected chi connectivity index (χ0v) is 6.21. The first-order valence-electron chi connectivity index (χ1n) is 4.27. The van der Waals surface area contributed by atoms with E-state index in [1.807, 2.05) is 6.08 Å². The Kier molecular flexibility index (Phi) is 1.44. The van der Waals surface area contributed by atoms with Crippen molar-refractivity contribution >= 4 is 0 Å². The molecule has 2 aliphatic rings. The van der Waals surface area contributed by atoms with Gasteiger partial charge in [0, 0.05) is 5.92 Å². The van der Waals surface area contributed by atoms with E-state index in [4.69, 9.17) is 0 Å². The standard InChI is InChI=1S/C9H14O/c10-9-6-2-4-7-3-1-5-8(7)9/h6-8,10H,1-5H2. The molecule has 0 aromatic rings. The summed E-state index contributed by atoms with van der Waals surface area (Å²) < 4.78 is 0. The molecular formula is C9H14O. The van der Waals surface area contributed by atoms with E-state index in [2.05, 4.69) is 0 Å². The average Bonchev–Trinajstić information content (AvgIpc) is 2.36. The van der Waals surface area contributed by atoms with Gasteiger partial charge in [-0.3, -0.25) is 0 Å². The van der Waals surface area contributed by atoms with Crippen LogP contribution in [0.4, 0.5) is 0 Å². The number of hydrogen-bond acceptors (Lipinski definition) is 1. The van der Waals surface area contributed by atoms with Gasteiger partial charge in [0.15, 0.2) is 0 Å². The molecule has 1 saturated carbocycles. The molecular weight excluding hydrogens is 124 g/mol. The van der Waals surface area contributed by atoms with Crippen LogP contribution in [0.15, 0.2) is 11.8 Å². The number of aliphatic hydroxyl groups excluding tert-OH is 1. The first kappa shape index (κ1) is 6.26. The van der Waals surface area contributed by atoms with Crippen molar-refractivity contribution in [2.24, 2.45) is 11.8 Å². The highest BCUT2D eigenvalue weighted by atomic mass is 16.3. The fourth-order valence-corrected chi connectivity index (χ4v) is 2.37. The van der Waals surface area contributed by atoms with Crippen molar-refractivity contribution in [1.82, 2.24) is 0 Å². The molecule has 0 spiro atoms. The first-order valence-corrected chi connectivity index (χ1v) is 4.27. The molecule has 0 aromatic carbocycles. The van der Waals surface area contributed by atoms with Crippen LogP contribution >= 0.6 is 0 Å². The van der Waals surface area contributed by atoms with E-state index in [1.165, 1.54) is 25.7 Å². The lowest BCUT2D eigenvalue weighted by molar-refractivity contribution is 0.259. The highest BCUT2D eigenvalue weighted by molar-refractivity contribution is 5.05. The summed E-state index contributed by atoms with van der Waals surface area (Å²) >= 11 is 0. The molecule has 0 heterocycles. The summed E-state index contributed by atoms with van der Waals surface area (Å²) in [6.45, 7) is 0. The summed E-state index contributed by atoms with van der Waals surface area (Å²) in [5, 5.41) is 9.44. The fraction of sp³-hybridized carbons (Fsp3) is 0.778. The van der Waals surface area contributed by atoms with Crippen molar-refractivity contribution < 1.29 is 5.11 Å². The Hall–Kier alpha value is -0.460. The Morgan fingerprint density at radius 1 is 1.30 bits per heavy atom. The lowest BCUT2D eigenvalue weighted by Gasteiger charge is -2.22. The molecule has 2 rings (SSSR count). The van der Waals surface area contributed by atoms with E-state index in [-0.39, 0.29) is 0 Å². The van der Waals surface area contributed by atoms with Gasteiger partial charge in [0.05, 0.1) is 5.76 Å². The lowest BCUT2D eigenvalue weighted by atomic mass is 9.85. The van der Waals surface area contributed by atoms with Gasteiger partial charge in [0.1, 0.15) is 0 Å². The molecule has 0 aromatic heterocycles. The van der Waals surface area contributed by atoms with Crippen molar-refractivity contribution in [3.63, 3.8) is 0 Å². The van der Waals surface area contributed by atoms with Gasteiger partial charge in [-0.2, -0.15) is 0 Å². The first-order chi connectivity index (χ1) is 4.88. The van der Waals surface area contributed by atoms with Gasteiger partial charge in [-0.15, -0.1) is 0 Å². The van der Waals surface area contributed by atoms with Gasteiger partial charge in [-0.25, -0.2) is 0 Å². The van der Waals surface area contributed by atoms with Crippen LogP contribution in [0, 0.1) is 11.8 Å². The van der Waals surface area contributed by atoms with Crippen molar-refractivity contribution in [2.45, 2.75) is 32.1 Å². The van der Waals surface area contributed by atoms with Crippen molar-refractivity contribution in [3.8, 4) is 0 Å². The van der Waals surface area contributed by atoms with E-state index < -0.39 is 0 Å². The van der Waals surface area contributed by atoms with Crippen LogP contribution in [0.25, 0.3) is 0 Å². The number of aliphatic hydroxyl groups is 1. The van der Waals surface area contributed by atoms with Crippen LogP contribution in [0.3, 0.4) is 0 Å². The van der Waals surface area contributed by atoms with E-state index in [0.717, 1.165) is 12.3 Å². The maximum atomic E-state index is 9.44. The summed E-state index contributed by atoms with van der Waals surface area (Å²) in [6, 6.07) is 0. The molecule has 0 aliphatic heterocycles. The predicted molar refractivity (Wildman–Crippen MR) is 40.8 cm³/mol. The molecule has 1 heteroatoms. The van der Waals surface area contributed by atoms with Gasteiger partial charge in [0.25, 0.3) is 0 Å². The molecule has 56 valence electrons. The summed E-state index contributed by atoms with van der Waals surface area (Å²) in [5.74, 6) is 2.06. The smallest absolute Gasteiger partial charge is 0.0916 e. The zero-order valence-electron chi connectivity index (χ0n) is 6.21. The Balaban J connectivity index is 2.16. The van der Waals surface area contributed by atoms with Gasteiger partial charge in [-0.05, 0) is 37.7 Å². The minimum Gasteiger partial charge on any atom is -0.512 e. The Labute approximate surface area is 61.8 Å². The van der Waals surface area contributed by atoms with Crippen LogP contribution in [0.1, 0.15) is 32.1 Å². The fourth-order valence-electron chi connectivity index (χ4n) is 2.37. The Morgan fingerprint density at radius 2 is 2.20 bits per heavy atom. The monoisotopic (exact) mass is 138 g/mol. The SMILES string of the molecule is OC1=CCCC2CCCC12. The lowest BCUT2D eigenvalue weighted by Crippen LogP contribution is -2.14. The van der Waals surface area contributed by atoms with E-state index >= 15 is 0 Å². The summed E-state index contributed by atoms with van der Waals surface area (Å²) in [4.78, 5) is 0. The number of allylic oxidation sites excluding steroid dienone is 2. The maximum Gasteiger partial charge on any atom is 0.0916 e. The minimum atomic E-state index is 0.550. The van der Waals surface area contributed by atoms with Gasteiger partial charge >= 0.3 is 0 Å².